The third kappa shape index (κ3) is 6.00. The van der Waals surface area contributed by atoms with Gasteiger partial charge in [0.2, 0.25) is 0 Å². The van der Waals surface area contributed by atoms with Crippen molar-refractivity contribution in [2.45, 2.75) is 45.3 Å². The molecule has 0 saturated heterocycles. The lowest BCUT2D eigenvalue weighted by atomic mass is 10.1. The van der Waals surface area contributed by atoms with E-state index in [1.54, 1.807) is 24.3 Å². The smallest absolute Gasteiger partial charge is 0.418 e. The van der Waals surface area contributed by atoms with Crippen LogP contribution in [-0.4, -0.2) is 28.3 Å². The van der Waals surface area contributed by atoms with Crippen LogP contribution in [0.15, 0.2) is 53.3 Å². The number of fused-ring (bicyclic) bond motifs is 1. The average Bonchev–Trinajstić information content (AvgIpc) is 2.81. The average molecular weight is 475 g/mol. The molecule has 7 nitrogen and oxygen atoms in total. The van der Waals surface area contributed by atoms with Crippen molar-refractivity contribution in [3.05, 3.63) is 70.1 Å². The van der Waals surface area contributed by atoms with E-state index in [2.05, 4.69) is 17.3 Å². The second kappa shape index (κ2) is 11.0. The Bertz CT molecular complexity index is 1240. The zero-order valence-electron chi connectivity index (χ0n) is 18.5. The van der Waals surface area contributed by atoms with Crippen molar-refractivity contribution >= 4 is 28.3 Å². The third-order valence-electron chi connectivity index (χ3n) is 5.13. The largest absolute Gasteiger partial charge is 0.451 e. The molecule has 0 unspecified atom stereocenters. The van der Waals surface area contributed by atoms with Crippen LogP contribution in [-0.2, 0) is 22.3 Å². The Morgan fingerprint density at radius 3 is 2.38 bits per heavy atom. The Hall–Kier alpha value is -3.69. The van der Waals surface area contributed by atoms with Gasteiger partial charge in [-0.1, -0.05) is 56.5 Å². The van der Waals surface area contributed by atoms with Gasteiger partial charge in [-0.15, -0.1) is 0 Å². The first-order valence-corrected chi connectivity index (χ1v) is 10.9. The summed E-state index contributed by atoms with van der Waals surface area (Å²) in [5.41, 5.74) is -1.95. The van der Waals surface area contributed by atoms with Crippen LogP contribution < -0.4 is 10.9 Å². The van der Waals surface area contributed by atoms with E-state index in [0.717, 1.165) is 31.4 Å². The number of hydrogen-bond acceptors (Lipinski definition) is 5. The van der Waals surface area contributed by atoms with Gasteiger partial charge in [0.25, 0.3) is 11.5 Å². The number of unbranched alkanes of at least 4 members (excludes halogenated alkanes) is 3. The minimum Gasteiger partial charge on any atom is -0.451 e. The van der Waals surface area contributed by atoms with E-state index in [1.807, 2.05) is 0 Å². The summed E-state index contributed by atoms with van der Waals surface area (Å²) in [5.74, 6) is -1.90. The SMILES string of the molecule is CCCCCCn1nc(C(=O)OCC(=O)Nc2ccccc2C(F)(F)F)c2ccccc2c1=O. The van der Waals surface area contributed by atoms with E-state index in [-0.39, 0.29) is 22.0 Å². The molecule has 180 valence electrons. The van der Waals surface area contributed by atoms with Gasteiger partial charge in [-0.25, -0.2) is 9.48 Å². The number of amides is 1. The summed E-state index contributed by atoms with van der Waals surface area (Å²) in [4.78, 5) is 37.6. The molecule has 1 heterocycles. The standard InChI is InChI=1S/C24H24F3N3O4/c1-2-3-4-9-14-30-22(32)17-11-6-5-10-16(17)21(29-30)23(33)34-15-20(31)28-19-13-8-7-12-18(19)24(25,26)27/h5-8,10-13H,2-4,9,14-15H2,1H3,(H,28,31). The van der Waals surface area contributed by atoms with E-state index in [4.69, 9.17) is 4.74 Å². The van der Waals surface area contributed by atoms with Gasteiger partial charge in [-0.2, -0.15) is 18.3 Å². The fraction of sp³-hybridized carbons (Fsp3) is 0.333. The lowest BCUT2D eigenvalue weighted by molar-refractivity contribution is -0.137. The van der Waals surface area contributed by atoms with Crippen LogP contribution in [0.3, 0.4) is 0 Å². The minimum atomic E-state index is -4.66. The number of hydrogen-bond donors (Lipinski definition) is 1. The number of rotatable bonds is 9. The highest BCUT2D eigenvalue weighted by Gasteiger charge is 2.33. The first kappa shape index (κ1) is 24.9. The zero-order valence-corrected chi connectivity index (χ0v) is 18.5. The number of benzene rings is 2. The van der Waals surface area contributed by atoms with Crippen molar-refractivity contribution in [2.24, 2.45) is 0 Å². The van der Waals surface area contributed by atoms with Gasteiger partial charge in [0, 0.05) is 11.9 Å². The molecule has 3 rings (SSSR count). The summed E-state index contributed by atoms with van der Waals surface area (Å²) in [5, 5.41) is 6.81. The quantitative estimate of drug-likeness (QED) is 0.355. The van der Waals surface area contributed by atoms with Crippen molar-refractivity contribution < 1.29 is 27.5 Å². The summed E-state index contributed by atoms with van der Waals surface area (Å²) < 4.78 is 45.6. The Morgan fingerprint density at radius 2 is 1.68 bits per heavy atom. The van der Waals surface area contributed by atoms with Crippen molar-refractivity contribution in [1.29, 1.82) is 0 Å². The van der Waals surface area contributed by atoms with Crippen LogP contribution in [0.2, 0.25) is 0 Å². The highest BCUT2D eigenvalue weighted by Crippen LogP contribution is 2.34. The minimum absolute atomic E-state index is 0.144. The molecular weight excluding hydrogens is 451 g/mol. The summed E-state index contributed by atoms with van der Waals surface area (Å²) in [6, 6.07) is 10.9. The van der Waals surface area contributed by atoms with Crippen LogP contribution in [0, 0.1) is 0 Å². The van der Waals surface area contributed by atoms with E-state index >= 15 is 0 Å². The maximum atomic E-state index is 13.1. The molecule has 1 aromatic heterocycles. The molecule has 10 heteroatoms. The molecule has 3 aromatic rings. The van der Waals surface area contributed by atoms with Gasteiger partial charge in [-0.05, 0) is 24.6 Å². The molecule has 1 N–H and O–H groups in total. The van der Waals surface area contributed by atoms with Crippen LogP contribution in [0.25, 0.3) is 10.8 Å². The van der Waals surface area contributed by atoms with Gasteiger partial charge >= 0.3 is 12.1 Å². The van der Waals surface area contributed by atoms with Gasteiger partial charge in [0.05, 0.1) is 16.6 Å². The number of para-hydroxylation sites is 1. The summed E-state index contributed by atoms with van der Waals surface area (Å²) in [6.07, 6.45) is -1.03. The first-order chi connectivity index (χ1) is 16.2. The van der Waals surface area contributed by atoms with Crippen molar-refractivity contribution in [3.8, 4) is 0 Å². The lowest BCUT2D eigenvalue weighted by Crippen LogP contribution is -2.28. The van der Waals surface area contributed by atoms with Crippen molar-refractivity contribution in [2.75, 3.05) is 11.9 Å². The second-order valence-corrected chi connectivity index (χ2v) is 7.65. The maximum absolute atomic E-state index is 13.1. The van der Waals surface area contributed by atoms with Gasteiger partial charge in [0.15, 0.2) is 12.3 Å². The summed E-state index contributed by atoms with van der Waals surface area (Å²) >= 11 is 0. The number of ether oxygens (including phenoxy) is 1. The van der Waals surface area contributed by atoms with Crippen LogP contribution >= 0.6 is 0 Å². The number of nitrogens with one attached hydrogen (secondary N) is 1. The predicted octanol–water partition coefficient (Wildman–Crippen LogP) is 4.79. The Morgan fingerprint density at radius 1 is 1.00 bits per heavy atom. The molecule has 0 bridgehead atoms. The van der Waals surface area contributed by atoms with Crippen molar-refractivity contribution in [3.63, 3.8) is 0 Å². The molecule has 0 aliphatic heterocycles. The Labute approximate surface area is 193 Å². The maximum Gasteiger partial charge on any atom is 0.418 e. The fourth-order valence-corrected chi connectivity index (χ4v) is 3.45. The molecule has 0 aliphatic carbocycles. The van der Waals surface area contributed by atoms with E-state index in [0.29, 0.717) is 13.0 Å². The molecule has 0 fully saturated rings. The molecule has 0 radical (unpaired) electrons. The zero-order chi connectivity index (χ0) is 24.7. The predicted molar refractivity (Wildman–Crippen MR) is 121 cm³/mol. The number of nitrogens with zero attached hydrogens (tertiary/aromatic N) is 2. The van der Waals surface area contributed by atoms with E-state index < -0.39 is 35.9 Å². The number of halogens is 3. The number of aromatic nitrogens is 2. The number of anilines is 1. The van der Waals surface area contributed by atoms with E-state index in [1.165, 1.54) is 16.8 Å². The number of carbonyl (C=O) groups is 2. The number of esters is 1. The molecule has 1 amide bonds. The monoisotopic (exact) mass is 475 g/mol. The van der Waals surface area contributed by atoms with E-state index in [9.17, 15) is 27.6 Å². The summed E-state index contributed by atoms with van der Waals surface area (Å²) in [6.45, 7) is 1.56. The molecular formula is C24H24F3N3O4. The number of aryl methyl sites for hydroxylation is 1. The number of carbonyl (C=O) groups excluding carboxylic acids is 2. The Kier molecular flexibility index (Phi) is 8.04. The third-order valence-corrected chi connectivity index (χ3v) is 5.13. The van der Waals surface area contributed by atoms with Gasteiger partial charge < -0.3 is 10.1 Å². The molecule has 0 aliphatic rings. The lowest BCUT2D eigenvalue weighted by Gasteiger charge is -2.14. The Balaban J connectivity index is 1.76. The summed E-state index contributed by atoms with van der Waals surface area (Å²) in [7, 11) is 0. The molecule has 0 atom stereocenters. The van der Waals surface area contributed by atoms with Crippen molar-refractivity contribution in [1.82, 2.24) is 9.78 Å². The first-order valence-electron chi connectivity index (χ1n) is 10.9. The molecule has 34 heavy (non-hydrogen) atoms. The van der Waals surface area contributed by atoms with Crippen LogP contribution in [0.1, 0.15) is 48.7 Å². The van der Waals surface area contributed by atoms with Crippen LogP contribution in [0.4, 0.5) is 18.9 Å². The highest BCUT2D eigenvalue weighted by atomic mass is 19.4. The topological polar surface area (TPSA) is 90.3 Å². The number of alkyl halides is 3. The van der Waals surface area contributed by atoms with Gasteiger partial charge in [0.1, 0.15) is 0 Å². The molecule has 0 spiro atoms. The highest BCUT2D eigenvalue weighted by molar-refractivity contribution is 6.03. The molecule has 2 aromatic carbocycles. The fourth-order valence-electron chi connectivity index (χ4n) is 3.45. The normalized spacial score (nSPS) is 11.4. The van der Waals surface area contributed by atoms with Crippen LogP contribution in [0.5, 0.6) is 0 Å². The molecule has 0 saturated carbocycles. The van der Waals surface area contributed by atoms with Gasteiger partial charge in [-0.3, -0.25) is 9.59 Å². The second-order valence-electron chi connectivity index (χ2n) is 7.65.